The van der Waals surface area contributed by atoms with E-state index in [1.54, 1.807) is 6.08 Å². The second kappa shape index (κ2) is 9.88. The molecule has 1 aliphatic carbocycles. The third-order valence-electron chi connectivity index (χ3n) is 6.50. The van der Waals surface area contributed by atoms with Crippen molar-refractivity contribution in [2.75, 3.05) is 0 Å². The van der Waals surface area contributed by atoms with Gasteiger partial charge in [-0.1, -0.05) is 73.6 Å². The first-order valence-corrected chi connectivity index (χ1v) is 10.9. The second-order valence-electron chi connectivity index (χ2n) is 9.62. The van der Waals surface area contributed by atoms with Gasteiger partial charge in [-0.3, -0.25) is 9.59 Å². The Morgan fingerprint density at radius 3 is 2.06 bits per heavy atom. The zero-order valence-electron chi connectivity index (χ0n) is 19.6. The van der Waals surface area contributed by atoms with Crippen molar-refractivity contribution >= 4 is 12.1 Å². The molecule has 31 heavy (non-hydrogen) atoms. The molecule has 0 aromatic heterocycles. The zero-order chi connectivity index (χ0) is 23.3. The fourth-order valence-corrected chi connectivity index (χ4v) is 4.68. The summed E-state index contributed by atoms with van der Waals surface area (Å²) in [6.45, 7) is 11.9. The van der Waals surface area contributed by atoms with E-state index in [0.29, 0.717) is 24.8 Å². The molecule has 4 nitrogen and oxygen atoms in total. The topological polar surface area (TPSA) is 66.9 Å². The third-order valence-corrected chi connectivity index (χ3v) is 6.50. The molecule has 2 aliphatic rings. The van der Waals surface area contributed by atoms with E-state index >= 15 is 0 Å². The number of carbonyl (C=O) groups is 2. The lowest BCUT2D eigenvalue weighted by atomic mass is 9.61. The largest absolute Gasteiger partial charge is 0.393 e. The smallest absolute Gasteiger partial charge is 0.161 e. The van der Waals surface area contributed by atoms with E-state index in [2.05, 4.69) is 13.8 Å². The average Bonchev–Trinajstić information content (AvgIpc) is 3.28. The maximum atomic E-state index is 12.9. The minimum absolute atomic E-state index is 0.0864. The van der Waals surface area contributed by atoms with Gasteiger partial charge in [-0.2, -0.15) is 0 Å². The Labute approximate surface area is 186 Å². The van der Waals surface area contributed by atoms with Crippen molar-refractivity contribution in [2.45, 2.75) is 78.1 Å². The number of Topliss-reactive ketones (excluding diaryl/α,β-unsaturated/α-hetero) is 1. The molecule has 0 unspecified atom stereocenters. The van der Waals surface area contributed by atoms with Crippen LogP contribution >= 0.6 is 0 Å². The Balaban J connectivity index is 1.96. The van der Waals surface area contributed by atoms with Crippen molar-refractivity contribution in [3.8, 4) is 0 Å². The van der Waals surface area contributed by atoms with E-state index in [1.165, 1.54) is 6.08 Å². The molecule has 0 radical (unpaired) electrons. The highest BCUT2D eigenvalue weighted by Gasteiger charge is 2.76. The minimum Gasteiger partial charge on any atom is -0.393 e. The molecule has 3 atom stereocenters. The quantitative estimate of drug-likeness (QED) is 0.234. The van der Waals surface area contributed by atoms with Crippen LogP contribution in [0.2, 0.25) is 0 Å². The van der Waals surface area contributed by atoms with E-state index in [0.717, 1.165) is 17.4 Å². The van der Waals surface area contributed by atoms with Crippen LogP contribution < -0.4 is 0 Å². The molecule has 0 bridgehead atoms. The highest BCUT2D eigenvalue weighted by atomic mass is 16.6. The number of epoxide rings is 1. The van der Waals surface area contributed by atoms with Crippen LogP contribution in [0, 0.1) is 5.41 Å². The summed E-state index contributed by atoms with van der Waals surface area (Å²) in [6, 6.07) is 0. The van der Waals surface area contributed by atoms with Gasteiger partial charge in [0.15, 0.2) is 5.78 Å². The molecule has 1 saturated carbocycles. The summed E-state index contributed by atoms with van der Waals surface area (Å²) >= 11 is 0. The van der Waals surface area contributed by atoms with Crippen molar-refractivity contribution < 1.29 is 19.4 Å². The molecule has 0 aromatic carbocycles. The number of aldehydes is 1. The minimum atomic E-state index is -0.484. The first kappa shape index (κ1) is 25.0. The highest BCUT2D eigenvalue weighted by Crippen LogP contribution is 2.67. The van der Waals surface area contributed by atoms with E-state index in [4.69, 9.17) is 4.74 Å². The Kier molecular flexibility index (Phi) is 7.96. The van der Waals surface area contributed by atoms with Crippen LogP contribution in [0.4, 0.5) is 0 Å². The molecule has 4 heteroatoms. The summed E-state index contributed by atoms with van der Waals surface area (Å²) < 4.78 is 6.13. The first-order valence-electron chi connectivity index (χ1n) is 10.9. The van der Waals surface area contributed by atoms with Gasteiger partial charge in [-0.15, -0.1) is 0 Å². The maximum Gasteiger partial charge on any atom is 0.161 e. The van der Waals surface area contributed by atoms with E-state index < -0.39 is 11.2 Å². The molecular formula is C27H36O4. The van der Waals surface area contributed by atoms with Gasteiger partial charge in [0.1, 0.15) is 11.9 Å². The number of aliphatic hydroxyl groups excluding tert-OH is 1. The summed E-state index contributed by atoms with van der Waals surface area (Å²) in [5.74, 6) is 0.0864. The molecule has 1 saturated heterocycles. The number of rotatable bonds is 9. The summed E-state index contributed by atoms with van der Waals surface area (Å²) in [6.07, 6.45) is 18.6. The van der Waals surface area contributed by atoms with E-state index in [-0.39, 0.29) is 17.3 Å². The Bertz CT molecular complexity index is 881. The van der Waals surface area contributed by atoms with E-state index in [1.807, 2.05) is 70.2 Å². The van der Waals surface area contributed by atoms with Crippen molar-refractivity contribution in [2.24, 2.45) is 5.41 Å². The molecule has 168 valence electrons. The number of hydrogen-bond donors (Lipinski definition) is 1. The lowest BCUT2D eigenvalue weighted by molar-refractivity contribution is -0.118. The first-order chi connectivity index (χ1) is 14.5. The predicted octanol–water partition coefficient (Wildman–Crippen LogP) is 5.36. The van der Waals surface area contributed by atoms with Crippen molar-refractivity contribution in [3.05, 3.63) is 71.4 Å². The molecule has 0 amide bonds. The van der Waals surface area contributed by atoms with Gasteiger partial charge < -0.3 is 9.84 Å². The van der Waals surface area contributed by atoms with Crippen LogP contribution in [0.1, 0.15) is 60.8 Å². The normalized spacial score (nSPS) is 31.5. The second-order valence-corrected chi connectivity index (χ2v) is 9.62. The number of ketones is 1. The Morgan fingerprint density at radius 2 is 1.52 bits per heavy atom. The van der Waals surface area contributed by atoms with Crippen LogP contribution in [-0.2, 0) is 14.3 Å². The SMILES string of the molecule is CC(/C=C/C=O)=C\C=C\C=C(C)\C=C\C=C(/C)C(=O)C[C@@]12O[C@@]1(C)C[C@@H](O)CC2(C)C. The lowest BCUT2D eigenvalue weighted by Gasteiger charge is -2.40. The average molecular weight is 425 g/mol. The predicted molar refractivity (Wildman–Crippen MR) is 126 cm³/mol. The monoisotopic (exact) mass is 424 g/mol. The number of ether oxygens (including phenoxy) is 1. The van der Waals surface area contributed by atoms with Gasteiger partial charge in [0.25, 0.3) is 0 Å². The summed E-state index contributed by atoms with van der Waals surface area (Å²) in [7, 11) is 0. The van der Waals surface area contributed by atoms with Crippen molar-refractivity contribution in [1.29, 1.82) is 0 Å². The van der Waals surface area contributed by atoms with Crippen LogP contribution in [0.15, 0.2) is 71.4 Å². The molecule has 1 aliphatic heterocycles. The van der Waals surface area contributed by atoms with Gasteiger partial charge in [0, 0.05) is 12.8 Å². The highest BCUT2D eigenvalue weighted by molar-refractivity contribution is 5.96. The van der Waals surface area contributed by atoms with Gasteiger partial charge in [0.05, 0.1) is 11.7 Å². The molecule has 2 fully saturated rings. The zero-order valence-corrected chi connectivity index (χ0v) is 19.6. The Hall–Kier alpha value is -2.30. The summed E-state index contributed by atoms with van der Waals surface area (Å²) in [5, 5.41) is 10.2. The van der Waals surface area contributed by atoms with Crippen LogP contribution in [-0.4, -0.2) is 34.5 Å². The van der Waals surface area contributed by atoms with Gasteiger partial charge in [0.2, 0.25) is 0 Å². The fourth-order valence-electron chi connectivity index (χ4n) is 4.68. The summed E-state index contributed by atoms with van der Waals surface area (Å²) in [5.41, 5.74) is 1.61. The number of hydrogen-bond acceptors (Lipinski definition) is 4. The molecule has 1 heterocycles. The maximum absolute atomic E-state index is 12.9. The molecule has 0 spiro atoms. The summed E-state index contributed by atoms with van der Waals surface area (Å²) in [4.78, 5) is 23.2. The number of aliphatic hydroxyl groups is 1. The van der Waals surface area contributed by atoms with Gasteiger partial charge in [-0.05, 0) is 51.2 Å². The van der Waals surface area contributed by atoms with Crippen molar-refractivity contribution in [1.82, 2.24) is 0 Å². The lowest BCUT2D eigenvalue weighted by Crippen LogP contribution is -2.48. The van der Waals surface area contributed by atoms with Gasteiger partial charge >= 0.3 is 0 Å². The number of allylic oxidation sites excluding steroid dienone is 12. The van der Waals surface area contributed by atoms with Crippen LogP contribution in [0.25, 0.3) is 0 Å². The van der Waals surface area contributed by atoms with Gasteiger partial charge in [-0.25, -0.2) is 0 Å². The van der Waals surface area contributed by atoms with E-state index in [9.17, 15) is 14.7 Å². The van der Waals surface area contributed by atoms with Crippen molar-refractivity contribution in [3.63, 3.8) is 0 Å². The molecule has 0 aromatic rings. The molecular weight excluding hydrogens is 388 g/mol. The Morgan fingerprint density at radius 1 is 0.935 bits per heavy atom. The third kappa shape index (κ3) is 5.90. The molecule has 1 N–H and O–H groups in total. The number of fused-ring (bicyclic) bond motifs is 1. The standard InChI is InChI=1S/C27H36O4/c1-20(11-7-8-12-21(2)14-10-16-28)13-9-15-22(3)24(30)19-27-25(4,5)17-23(29)18-26(27,6)31-27/h7-16,23,29H,17-19H2,1-6H3/b8-7+,13-9+,14-10+,20-11+,21-12+,22-15+/t23-,26-,27-/m0/s1. The molecule has 2 rings (SSSR count). The fraction of sp³-hybridized carbons (Fsp3) is 0.481. The van der Waals surface area contributed by atoms with Crippen LogP contribution in [0.3, 0.4) is 0 Å². The number of carbonyl (C=O) groups excluding carboxylic acids is 2. The van der Waals surface area contributed by atoms with Crippen LogP contribution in [0.5, 0.6) is 0 Å².